The lowest BCUT2D eigenvalue weighted by atomic mass is 9.83. The Kier molecular flexibility index (Phi) is 4.90. The lowest BCUT2D eigenvalue weighted by Crippen LogP contribution is -2.52. The lowest BCUT2D eigenvalue weighted by Gasteiger charge is -2.37. The molecular weight excluding hydrogens is 366 g/mol. The number of imide groups is 1. The van der Waals surface area contributed by atoms with Crippen molar-refractivity contribution >= 4 is 17.7 Å². The van der Waals surface area contributed by atoms with Crippen molar-refractivity contribution in [3.05, 3.63) is 34.9 Å². The van der Waals surface area contributed by atoms with E-state index in [4.69, 9.17) is 0 Å². The largest absolute Gasteiger partial charge is 0.322 e. The standard InChI is InChI=1S/C23H29N3O3/c27-21-7-6-20(22(28)24-21)26-14-18-12-17(4-5-19(18)23(26)29)16-8-10-25(11-9-16)13-15-2-1-3-15/h4-5,12,15-16,20H,1-3,6-11,13-14H2,(H,24,27,28). The van der Waals surface area contributed by atoms with Crippen molar-refractivity contribution in [1.82, 2.24) is 15.1 Å². The molecule has 0 radical (unpaired) electrons. The zero-order chi connectivity index (χ0) is 20.0. The molecule has 1 unspecified atom stereocenters. The van der Waals surface area contributed by atoms with E-state index in [1.54, 1.807) is 4.90 Å². The molecule has 0 spiro atoms. The van der Waals surface area contributed by atoms with E-state index in [1.165, 1.54) is 57.3 Å². The summed E-state index contributed by atoms with van der Waals surface area (Å²) in [6, 6.07) is 5.70. The number of carbonyl (C=O) groups is 3. The Hall–Kier alpha value is -2.21. The van der Waals surface area contributed by atoms with E-state index in [0.717, 1.165) is 11.5 Å². The Morgan fingerprint density at radius 2 is 1.79 bits per heavy atom. The van der Waals surface area contributed by atoms with Crippen LogP contribution in [0.15, 0.2) is 18.2 Å². The van der Waals surface area contributed by atoms with E-state index < -0.39 is 6.04 Å². The van der Waals surface area contributed by atoms with Crippen LogP contribution in [0.4, 0.5) is 0 Å². The Balaban J connectivity index is 1.24. The number of benzene rings is 1. The van der Waals surface area contributed by atoms with Gasteiger partial charge in [-0.25, -0.2) is 0 Å². The minimum Gasteiger partial charge on any atom is -0.322 e. The number of fused-ring (bicyclic) bond motifs is 1. The number of hydrogen-bond acceptors (Lipinski definition) is 4. The third kappa shape index (κ3) is 3.59. The van der Waals surface area contributed by atoms with E-state index in [9.17, 15) is 14.4 Å². The highest BCUT2D eigenvalue weighted by atomic mass is 16.2. The van der Waals surface area contributed by atoms with Gasteiger partial charge in [0, 0.05) is 25.1 Å². The third-order valence-corrected chi connectivity index (χ3v) is 7.35. The van der Waals surface area contributed by atoms with Crippen molar-refractivity contribution in [2.45, 2.75) is 63.5 Å². The first-order valence-corrected chi connectivity index (χ1v) is 11.1. The second-order valence-corrected chi connectivity index (χ2v) is 9.19. The molecule has 1 saturated carbocycles. The summed E-state index contributed by atoms with van der Waals surface area (Å²) in [6.07, 6.45) is 7.28. The fraction of sp³-hybridized carbons (Fsp3) is 0.609. The Bertz CT molecular complexity index is 840. The molecule has 0 aromatic heterocycles. The first-order chi connectivity index (χ1) is 14.1. The van der Waals surface area contributed by atoms with Crippen molar-refractivity contribution < 1.29 is 14.4 Å². The molecule has 154 valence electrons. The van der Waals surface area contributed by atoms with E-state index in [0.29, 0.717) is 30.9 Å². The summed E-state index contributed by atoms with van der Waals surface area (Å²) < 4.78 is 0. The van der Waals surface area contributed by atoms with Gasteiger partial charge in [-0.1, -0.05) is 18.6 Å². The van der Waals surface area contributed by atoms with Gasteiger partial charge in [-0.05, 0) is 74.2 Å². The van der Waals surface area contributed by atoms with Crippen molar-refractivity contribution in [3.8, 4) is 0 Å². The van der Waals surface area contributed by atoms with E-state index in [-0.39, 0.29) is 17.7 Å². The predicted octanol–water partition coefficient (Wildman–Crippen LogP) is 2.43. The smallest absolute Gasteiger partial charge is 0.255 e. The van der Waals surface area contributed by atoms with Crippen molar-refractivity contribution in [1.29, 1.82) is 0 Å². The highest BCUT2D eigenvalue weighted by molar-refractivity contribution is 6.05. The zero-order valence-electron chi connectivity index (χ0n) is 16.9. The molecule has 1 atom stereocenters. The monoisotopic (exact) mass is 395 g/mol. The SMILES string of the molecule is O=C1CCC(N2Cc3cc(C4CCN(CC5CCC5)CC4)ccc3C2=O)C(=O)N1. The molecule has 1 N–H and O–H groups in total. The Morgan fingerprint density at radius 1 is 1.00 bits per heavy atom. The van der Waals surface area contributed by atoms with E-state index >= 15 is 0 Å². The van der Waals surface area contributed by atoms with Crippen LogP contribution in [0.5, 0.6) is 0 Å². The van der Waals surface area contributed by atoms with Gasteiger partial charge >= 0.3 is 0 Å². The van der Waals surface area contributed by atoms with Crippen LogP contribution in [0.1, 0.15) is 72.3 Å². The number of carbonyl (C=O) groups excluding carboxylic acids is 3. The molecule has 3 fully saturated rings. The molecule has 6 nitrogen and oxygen atoms in total. The van der Waals surface area contributed by atoms with Crippen LogP contribution in [0.25, 0.3) is 0 Å². The van der Waals surface area contributed by atoms with Crippen molar-refractivity contribution in [2.75, 3.05) is 19.6 Å². The number of nitrogens with one attached hydrogen (secondary N) is 1. The molecule has 2 saturated heterocycles. The van der Waals surface area contributed by atoms with Crippen molar-refractivity contribution in [3.63, 3.8) is 0 Å². The minimum atomic E-state index is -0.536. The molecular formula is C23H29N3O3. The fourth-order valence-corrected chi connectivity index (χ4v) is 5.34. The first-order valence-electron chi connectivity index (χ1n) is 11.1. The number of rotatable bonds is 4. The number of piperidine rings is 2. The normalized spacial score (nSPS) is 26.4. The van der Waals surface area contributed by atoms with Crippen LogP contribution in [0.2, 0.25) is 0 Å². The maximum absolute atomic E-state index is 12.8. The molecule has 1 aromatic carbocycles. The van der Waals surface area contributed by atoms with Gasteiger partial charge in [-0.15, -0.1) is 0 Å². The lowest BCUT2D eigenvalue weighted by molar-refractivity contribution is -0.136. The van der Waals surface area contributed by atoms with Gasteiger partial charge in [0.05, 0.1) is 0 Å². The van der Waals surface area contributed by atoms with Gasteiger partial charge in [-0.2, -0.15) is 0 Å². The topological polar surface area (TPSA) is 69.7 Å². The maximum atomic E-state index is 12.8. The average Bonchev–Trinajstić information content (AvgIpc) is 3.01. The number of hydrogen-bond donors (Lipinski definition) is 1. The van der Waals surface area contributed by atoms with Gasteiger partial charge in [0.25, 0.3) is 5.91 Å². The molecule has 5 rings (SSSR count). The first kappa shape index (κ1) is 18.8. The highest BCUT2D eigenvalue weighted by Gasteiger charge is 2.39. The second kappa shape index (κ2) is 7.56. The van der Waals surface area contributed by atoms with Gasteiger partial charge < -0.3 is 9.80 Å². The second-order valence-electron chi connectivity index (χ2n) is 9.19. The summed E-state index contributed by atoms with van der Waals surface area (Å²) in [4.78, 5) is 40.7. The number of likely N-dealkylation sites (tertiary alicyclic amines) is 1. The van der Waals surface area contributed by atoms with Gasteiger partial charge in [0.15, 0.2) is 0 Å². The summed E-state index contributed by atoms with van der Waals surface area (Å²) in [5.74, 6) is 0.799. The molecule has 3 heterocycles. The van der Waals surface area contributed by atoms with E-state index in [2.05, 4.69) is 22.3 Å². The summed E-state index contributed by atoms with van der Waals surface area (Å²) >= 11 is 0. The zero-order valence-corrected chi connectivity index (χ0v) is 16.9. The third-order valence-electron chi connectivity index (χ3n) is 7.35. The maximum Gasteiger partial charge on any atom is 0.255 e. The molecule has 0 bridgehead atoms. The number of amides is 3. The van der Waals surface area contributed by atoms with Gasteiger partial charge in [0.2, 0.25) is 11.8 Å². The summed E-state index contributed by atoms with van der Waals surface area (Å²) in [5.41, 5.74) is 3.06. The summed E-state index contributed by atoms with van der Waals surface area (Å²) in [6.45, 7) is 4.07. The molecule has 3 aliphatic heterocycles. The Morgan fingerprint density at radius 3 is 2.48 bits per heavy atom. The fourth-order valence-electron chi connectivity index (χ4n) is 5.34. The molecule has 1 aromatic rings. The molecule has 6 heteroatoms. The Labute approximate surface area is 171 Å². The van der Waals surface area contributed by atoms with Crippen molar-refractivity contribution in [2.24, 2.45) is 5.92 Å². The summed E-state index contributed by atoms with van der Waals surface area (Å²) in [7, 11) is 0. The summed E-state index contributed by atoms with van der Waals surface area (Å²) in [5, 5.41) is 2.37. The quantitative estimate of drug-likeness (QED) is 0.795. The van der Waals surface area contributed by atoms with Gasteiger partial charge in [0.1, 0.15) is 6.04 Å². The van der Waals surface area contributed by atoms with Crippen LogP contribution < -0.4 is 5.32 Å². The molecule has 4 aliphatic rings. The molecule has 29 heavy (non-hydrogen) atoms. The van der Waals surface area contributed by atoms with Crippen LogP contribution in [0, 0.1) is 5.92 Å². The average molecular weight is 396 g/mol. The highest BCUT2D eigenvalue weighted by Crippen LogP contribution is 2.35. The van der Waals surface area contributed by atoms with Crippen LogP contribution >= 0.6 is 0 Å². The van der Waals surface area contributed by atoms with Crippen LogP contribution in [0.3, 0.4) is 0 Å². The molecule has 1 aliphatic carbocycles. The minimum absolute atomic E-state index is 0.0867. The van der Waals surface area contributed by atoms with Crippen LogP contribution in [-0.2, 0) is 16.1 Å². The molecule has 3 amide bonds. The predicted molar refractivity (Wildman–Crippen MR) is 108 cm³/mol. The van der Waals surface area contributed by atoms with E-state index in [1.807, 2.05) is 6.07 Å². The van der Waals surface area contributed by atoms with Crippen LogP contribution in [-0.4, -0.2) is 53.2 Å². The number of nitrogens with zero attached hydrogens (tertiary/aromatic N) is 2. The van der Waals surface area contributed by atoms with Gasteiger partial charge in [-0.3, -0.25) is 19.7 Å².